The van der Waals surface area contributed by atoms with Gasteiger partial charge in [-0.3, -0.25) is 4.79 Å². The van der Waals surface area contributed by atoms with E-state index in [4.69, 9.17) is 0 Å². The van der Waals surface area contributed by atoms with Crippen LogP contribution in [0.15, 0.2) is 24.3 Å². The van der Waals surface area contributed by atoms with Crippen molar-refractivity contribution in [2.75, 3.05) is 31.1 Å². The van der Waals surface area contributed by atoms with E-state index >= 15 is 0 Å². The summed E-state index contributed by atoms with van der Waals surface area (Å²) in [7, 11) is 0. The fourth-order valence-electron chi connectivity index (χ4n) is 7.14. The predicted molar refractivity (Wildman–Crippen MR) is 126 cm³/mol. The lowest BCUT2D eigenvalue weighted by molar-refractivity contribution is -0.122. The van der Waals surface area contributed by atoms with E-state index in [0.717, 1.165) is 62.6 Å². The standard InChI is InChI=1S/C28H31N2O2/c31-27-23(21-13-17-5-1-9-29-10-2-6-18(14-21)25(17)29)28(32)24(27)22-15-19-7-3-11-30-12-4-8-20(16-22)26(19)30/h13-16,23,27,31H,1-12H2/q+1. The molecule has 4 nitrogen and oxygen atoms in total. The van der Waals surface area contributed by atoms with E-state index in [1.165, 1.54) is 59.0 Å². The highest BCUT2D eigenvalue weighted by molar-refractivity contribution is 6.27. The molecule has 4 aliphatic heterocycles. The molecule has 2 aromatic rings. The van der Waals surface area contributed by atoms with Crippen molar-refractivity contribution < 1.29 is 9.90 Å². The number of nitrogens with zero attached hydrogens (tertiary/aromatic N) is 2. The van der Waals surface area contributed by atoms with Crippen molar-refractivity contribution in [2.45, 2.75) is 63.4 Å². The third kappa shape index (κ3) is 2.65. The number of hydrogen-bond acceptors (Lipinski definition) is 3. The van der Waals surface area contributed by atoms with Gasteiger partial charge in [0.1, 0.15) is 13.1 Å². The van der Waals surface area contributed by atoms with E-state index in [1.807, 2.05) is 0 Å². The Morgan fingerprint density at radius 1 is 0.812 bits per heavy atom. The van der Waals surface area contributed by atoms with Crippen LogP contribution in [-0.4, -0.2) is 43.2 Å². The first kappa shape index (κ1) is 19.0. The molecule has 2 atom stereocenters. The zero-order valence-electron chi connectivity index (χ0n) is 18.7. The number of carbonyl (C=O) groups excluding carboxylic acids is 1. The van der Waals surface area contributed by atoms with Crippen LogP contribution in [0.2, 0.25) is 0 Å². The van der Waals surface area contributed by atoms with Gasteiger partial charge < -0.3 is 10.0 Å². The molecule has 1 aliphatic carbocycles. The van der Waals surface area contributed by atoms with Crippen molar-refractivity contribution in [2.24, 2.45) is 0 Å². The third-order valence-electron chi connectivity index (χ3n) is 8.52. The molecular weight excluding hydrogens is 396 g/mol. The van der Waals surface area contributed by atoms with E-state index < -0.39 is 12.0 Å². The van der Waals surface area contributed by atoms with Crippen molar-refractivity contribution in [3.05, 3.63) is 62.7 Å². The second kappa shape index (κ2) is 7.02. The van der Waals surface area contributed by atoms with E-state index in [-0.39, 0.29) is 5.78 Å². The summed E-state index contributed by atoms with van der Waals surface area (Å²) in [5.74, 6) is -0.267. The Balaban J connectivity index is 1.31. The van der Waals surface area contributed by atoms with Crippen LogP contribution in [-0.2, 0) is 30.5 Å². The number of carbonyl (C=O) groups is 1. The number of ketones is 1. The average Bonchev–Trinajstić information content (AvgIpc) is 2.80. The van der Waals surface area contributed by atoms with Gasteiger partial charge in [0.05, 0.1) is 12.0 Å². The first-order valence-electron chi connectivity index (χ1n) is 12.6. The van der Waals surface area contributed by atoms with Crippen molar-refractivity contribution in [1.82, 2.24) is 4.58 Å². The minimum absolute atomic E-state index is 0.128. The normalized spacial score (nSPS) is 25.9. The van der Waals surface area contributed by atoms with Crippen LogP contribution in [0.5, 0.6) is 0 Å². The highest BCUT2D eigenvalue weighted by Gasteiger charge is 2.46. The molecule has 2 unspecified atom stereocenters. The summed E-state index contributed by atoms with van der Waals surface area (Å²) in [5.41, 5.74) is 8.62. The van der Waals surface area contributed by atoms with Crippen LogP contribution in [0.3, 0.4) is 0 Å². The van der Waals surface area contributed by atoms with Gasteiger partial charge in [-0.25, -0.2) is 4.58 Å². The maximum atomic E-state index is 13.4. The number of Topliss-reactive ketones (excluding diaryl/α,β-unsaturated/α-hetero) is 1. The molecule has 164 valence electrons. The summed E-state index contributed by atoms with van der Waals surface area (Å²) < 4.78 is 2.52. The van der Waals surface area contributed by atoms with E-state index in [9.17, 15) is 9.90 Å². The molecule has 1 fully saturated rings. The zero-order valence-corrected chi connectivity index (χ0v) is 18.7. The second-order valence-electron chi connectivity index (χ2n) is 10.4. The maximum Gasteiger partial charge on any atom is 0.206 e. The van der Waals surface area contributed by atoms with E-state index in [1.54, 1.807) is 0 Å². The third-order valence-corrected chi connectivity index (χ3v) is 8.52. The van der Waals surface area contributed by atoms with Crippen LogP contribution < -0.4 is 20.1 Å². The van der Waals surface area contributed by atoms with Crippen LogP contribution in [0.4, 0.5) is 5.69 Å². The second-order valence-corrected chi connectivity index (χ2v) is 10.4. The number of rotatable bonds is 1. The molecule has 2 aromatic carbocycles. The quantitative estimate of drug-likeness (QED) is 0.704. The molecule has 4 heteroatoms. The van der Waals surface area contributed by atoms with Gasteiger partial charge in [-0.1, -0.05) is 12.1 Å². The van der Waals surface area contributed by atoms with Crippen LogP contribution in [0.1, 0.15) is 59.4 Å². The van der Waals surface area contributed by atoms with Gasteiger partial charge >= 0.3 is 0 Å². The molecule has 32 heavy (non-hydrogen) atoms. The molecule has 0 spiro atoms. The Morgan fingerprint density at radius 3 is 2.00 bits per heavy atom. The summed E-state index contributed by atoms with van der Waals surface area (Å²) in [6.07, 6.45) is 8.38. The minimum Gasteiger partial charge on any atom is -0.387 e. The van der Waals surface area contributed by atoms with Gasteiger partial charge in [-0.15, -0.1) is 0 Å². The van der Waals surface area contributed by atoms with Crippen molar-refractivity contribution in [3.8, 4) is 0 Å². The molecule has 1 saturated carbocycles. The number of aryl methyl sites for hydroxylation is 4. The maximum absolute atomic E-state index is 13.4. The first-order chi connectivity index (χ1) is 15.7. The smallest absolute Gasteiger partial charge is 0.206 e. The SMILES string of the molecule is O=C1C(=c2cc3c4c(c2)CCC[N+]=4CCC3)C(O)C1c1cc2c3c(c1)CCCN3CCC2. The number of hydrogen-bond donors (Lipinski definition) is 1. The topological polar surface area (TPSA) is 43.6 Å². The van der Waals surface area contributed by atoms with Gasteiger partial charge in [0.15, 0.2) is 5.78 Å². The zero-order chi connectivity index (χ0) is 21.4. The lowest BCUT2D eigenvalue weighted by Crippen LogP contribution is -2.48. The summed E-state index contributed by atoms with van der Waals surface area (Å²) in [4.78, 5) is 16.0. The number of benzene rings is 2. The molecule has 5 aliphatic rings. The molecule has 4 heterocycles. The van der Waals surface area contributed by atoms with Crippen molar-refractivity contribution >= 4 is 17.0 Å². The Kier molecular flexibility index (Phi) is 4.18. The van der Waals surface area contributed by atoms with E-state index in [0.29, 0.717) is 5.57 Å². The van der Waals surface area contributed by atoms with Crippen LogP contribution in [0.25, 0.3) is 5.57 Å². The number of aliphatic hydroxyl groups excluding tert-OH is 1. The lowest BCUT2D eigenvalue weighted by Gasteiger charge is -2.39. The van der Waals surface area contributed by atoms with Crippen LogP contribution >= 0.6 is 0 Å². The molecule has 0 amide bonds. The first-order valence-corrected chi connectivity index (χ1v) is 12.6. The molecule has 7 rings (SSSR count). The fourth-order valence-corrected chi connectivity index (χ4v) is 7.14. The number of anilines is 1. The van der Waals surface area contributed by atoms with Gasteiger partial charge in [-0.2, -0.15) is 0 Å². The van der Waals surface area contributed by atoms with Gasteiger partial charge in [-0.05, 0) is 72.6 Å². The van der Waals surface area contributed by atoms with Crippen molar-refractivity contribution in [1.29, 1.82) is 0 Å². The minimum atomic E-state index is -0.690. The Labute approximate surface area is 188 Å². The highest BCUT2D eigenvalue weighted by atomic mass is 16.3. The highest BCUT2D eigenvalue weighted by Crippen LogP contribution is 2.43. The summed E-state index contributed by atoms with van der Waals surface area (Å²) in [5, 5.41) is 13.6. The molecule has 0 bridgehead atoms. The Hall–Kier alpha value is -2.46. The summed E-state index contributed by atoms with van der Waals surface area (Å²) >= 11 is 0. The lowest BCUT2D eigenvalue weighted by atomic mass is 9.69. The Morgan fingerprint density at radius 2 is 1.41 bits per heavy atom. The molecule has 0 aromatic heterocycles. The average molecular weight is 428 g/mol. The molecule has 0 saturated heterocycles. The summed E-state index contributed by atoms with van der Waals surface area (Å²) in [6, 6.07) is 8.87. The molecular formula is C28H31N2O2+. The van der Waals surface area contributed by atoms with Gasteiger partial charge in [0.25, 0.3) is 0 Å². The number of aliphatic hydroxyl groups is 1. The van der Waals surface area contributed by atoms with Gasteiger partial charge in [0.2, 0.25) is 5.36 Å². The molecule has 1 N–H and O–H groups in total. The predicted octanol–water partition coefficient (Wildman–Crippen LogP) is 1.65. The van der Waals surface area contributed by atoms with Crippen molar-refractivity contribution in [3.63, 3.8) is 0 Å². The monoisotopic (exact) mass is 427 g/mol. The van der Waals surface area contributed by atoms with Gasteiger partial charge in [0, 0.05) is 48.3 Å². The van der Waals surface area contributed by atoms with E-state index in [2.05, 4.69) is 33.7 Å². The largest absolute Gasteiger partial charge is 0.387 e. The van der Waals surface area contributed by atoms with Crippen LogP contribution in [0, 0.1) is 0 Å². The Bertz CT molecular complexity index is 1220. The fraction of sp³-hybridized carbons (Fsp3) is 0.500. The molecule has 0 radical (unpaired) electrons. The summed E-state index contributed by atoms with van der Waals surface area (Å²) in [6.45, 7) is 4.61.